The molecule has 1 rings (SSSR count). The fourth-order valence-corrected chi connectivity index (χ4v) is 2.36. The highest BCUT2D eigenvalue weighted by Gasteiger charge is 2.33. The van der Waals surface area contributed by atoms with E-state index in [1.54, 1.807) is 4.90 Å². The lowest BCUT2D eigenvalue weighted by Crippen LogP contribution is -2.43. The molecule has 0 aliphatic heterocycles. The lowest BCUT2D eigenvalue weighted by atomic mass is 9.94. The third-order valence-corrected chi connectivity index (χ3v) is 3.12. The van der Waals surface area contributed by atoms with Gasteiger partial charge < -0.3 is 5.73 Å². The highest BCUT2D eigenvalue weighted by molar-refractivity contribution is 4.77. The third-order valence-electron chi connectivity index (χ3n) is 3.12. The summed E-state index contributed by atoms with van der Waals surface area (Å²) >= 11 is 0. The maximum atomic E-state index is 12.4. The fraction of sp³-hybridized carbons (Fsp3) is 1.00. The molecular weight excluding hydrogens is 217 g/mol. The summed E-state index contributed by atoms with van der Waals surface area (Å²) < 4.78 is 37.2. The minimum absolute atomic E-state index is 0.113. The number of halogens is 3. The van der Waals surface area contributed by atoms with Gasteiger partial charge in [0, 0.05) is 6.04 Å². The van der Waals surface area contributed by atoms with Crippen LogP contribution in [0.1, 0.15) is 38.5 Å². The van der Waals surface area contributed by atoms with Crippen LogP contribution in [0.4, 0.5) is 13.2 Å². The van der Waals surface area contributed by atoms with Crippen molar-refractivity contribution in [1.82, 2.24) is 4.90 Å². The molecule has 0 aromatic rings. The topological polar surface area (TPSA) is 29.3 Å². The van der Waals surface area contributed by atoms with Crippen LogP contribution >= 0.6 is 0 Å². The number of hydrogen-bond donors (Lipinski definition) is 1. The minimum Gasteiger partial charge on any atom is -0.330 e. The Hall–Kier alpha value is -0.290. The average Bonchev–Trinajstić information content (AvgIpc) is 2.24. The van der Waals surface area contributed by atoms with E-state index in [-0.39, 0.29) is 6.04 Å². The molecule has 1 aliphatic carbocycles. The Kier molecular flexibility index (Phi) is 5.55. The molecule has 0 heterocycles. The zero-order chi connectivity index (χ0) is 12.0. The number of nitrogens with two attached hydrogens (primary N) is 1. The summed E-state index contributed by atoms with van der Waals surface area (Å²) in [6.07, 6.45) is 1.64. The van der Waals surface area contributed by atoms with E-state index in [4.69, 9.17) is 5.73 Å². The minimum atomic E-state index is -4.09. The third kappa shape index (κ3) is 5.16. The Morgan fingerprint density at radius 2 is 1.75 bits per heavy atom. The predicted molar refractivity (Wildman–Crippen MR) is 58.2 cm³/mol. The van der Waals surface area contributed by atoms with Gasteiger partial charge in [0.2, 0.25) is 0 Å². The predicted octanol–water partition coefficient (Wildman–Crippen LogP) is 2.53. The van der Waals surface area contributed by atoms with Crippen LogP contribution < -0.4 is 5.73 Å². The van der Waals surface area contributed by atoms with E-state index >= 15 is 0 Å². The summed E-state index contributed by atoms with van der Waals surface area (Å²) in [5.74, 6) is 0. The van der Waals surface area contributed by atoms with Crippen molar-refractivity contribution >= 4 is 0 Å². The second kappa shape index (κ2) is 6.45. The highest BCUT2D eigenvalue weighted by Crippen LogP contribution is 2.26. The van der Waals surface area contributed by atoms with Crippen molar-refractivity contribution in [3.05, 3.63) is 0 Å². The maximum Gasteiger partial charge on any atom is 0.401 e. The van der Waals surface area contributed by atoms with E-state index in [1.165, 1.54) is 0 Å². The van der Waals surface area contributed by atoms with Crippen molar-refractivity contribution < 1.29 is 13.2 Å². The van der Waals surface area contributed by atoms with Gasteiger partial charge in [0.1, 0.15) is 0 Å². The van der Waals surface area contributed by atoms with Crippen molar-refractivity contribution in [2.24, 2.45) is 5.73 Å². The molecule has 0 amide bonds. The van der Waals surface area contributed by atoms with E-state index < -0.39 is 12.7 Å². The standard InChI is InChI=1S/C11H21F3N2/c12-11(13,14)9-16(8-4-7-15)10-5-2-1-3-6-10/h10H,1-9,15H2. The Morgan fingerprint density at radius 3 is 2.25 bits per heavy atom. The monoisotopic (exact) mass is 238 g/mol. The quantitative estimate of drug-likeness (QED) is 0.797. The highest BCUT2D eigenvalue weighted by atomic mass is 19.4. The van der Waals surface area contributed by atoms with Crippen LogP contribution in [0.5, 0.6) is 0 Å². The first kappa shape index (κ1) is 13.8. The Morgan fingerprint density at radius 1 is 1.12 bits per heavy atom. The Balaban J connectivity index is 2.47. The lowest BCUT2D eigenvalue weighted by Gasteiger charge is -2.34. The van der Waals surface area contributed by atoms with Gasteiger partial charge in [-0.05, 0) is 32.4 Å². The smallest absolute Gasteiger partial charge is 0.330 e. The summed E-state index contributed by atoms with van der Waals surface area (Å²) in [4.78, 5) is 1.58. The molecule has 0 aromatic carbocycles. The molecule has 16 heavy (non-hydrogen) atoms. The van der Waals surface area contributed by atoms with Gasteiger partial charge >= 0.3 is 6.18 Å². The van der Waals surface area contributed by atoms with Crippen LogP contribution in [-0.4, -0.2) is 36.8 Å². The van der Waals surface area contributed by atoms with E-state index in [0.717, 1.165) is 32.1 Å². The number of alkyl halides is 3. The molecular formula is C11H21F3N2. The van der Waals surface area contributed by atoms with Gasteiger partial charge in [-0.25, -0.2) is 0 Å². The molecule has 5 heteroatoms. The molecule has 0 aromatic heterocycles. The second-order valence-corrected chi connectivity index (χ2v) is 4.52. The second-order valence-electron chi connectivity index (χ2n) is 4.52. The van der Waals surface area contributed by atoms with Crippen molar-refractivity contribution in [2.75, 3.05) is 19.6 Å². The van der Waals surface area contributed by atoms with Gasteiger partial charge in [0.05, 0.1) is 6.54 Å². The Labute approximate surface area is 95.0 Å². The van der Waals surface area contributed by atoms with Crippen molar-refractivity contribution in [3.8, 4) is 0 Å². The normalized spacial score (nSPS) is 19.3. The van der Waals surface area contributed by atoms with Gasteiger partial charge in [0.25, 0.3) is 0 Å². The summed E-state index contributed by atoms with van der Waals surface area (Å²) in [7, 11) is 0. The van der Waals surface area contributed by atoms with E-state index in [2.05, 4.69) is 0 Å². The van der Waals surface area contributed by atoms with E-state index in [9.17, 15) is 13.2 Å². The number of rotatable bonds is 5. The summed E-state index contributed by atoms with van der Waals surface area (Å²) in [5, 5.41) is 0. The molecule has 96 valence electrons. The molecule has 0 saturated heterocycles. The van der Waals surface area contributed by atoms with E-state index in [1.807, 2.05) is 0 Å². The van der Waals surface area contributed by atoms with Crippen molar-refractivity contribution in [2.45, 2.75) is 50.7 Å². The fourth-order valence-electron chi connectivity index (χ4n) is 2.36. The summed E-state index contributed by atoms with van der Waals surface area (Å²) in [6.45, 7) is 0.152. The van der Waals surface area contributed by atoms with Gasteiger partial charge in [-0.1, -0.05) is 19.3 Å². The van der Waals surface area contributed by atoms with E-state index in [0.29, 0.717) is 19.5 Å². The lowest BCUT2D eigenvalue weighted by molar-refractivity contribution is -0.152. The molecule has 0 bridgehead atoms. The first-order valence-corrected chi connectivity index (χ1v) is 6.04. The summed E-state index contributed by atoms with van der Waals surface area (Å²) in [5.41, 5.74) is 5.36. The largest absolute Gasteiger partial charge is 0.401 e. The summed E-state index contributed by atoms with van der Waals surface area (Å²) in [6, 6.07) is 0.113. The van der Waals surface area contributed by atoms with Crippen LogP contribution in [0.25, 0.3) is 0 Å². The molecule has 1 aliphatic rings. The van der Waals surface area contributed by atoms with Crippen LogP contribution in [-0.2, 0) is 0 Å². The molecule has 0 atom stereocenters. The molecule has 0 spiro atoms. The van der Waals surface area contributed by atoms with Gasteiger partial charge in [0.15, 0.2) is 0 Å². The number of nitrogens with zero attached hydrogens (tertiary/aromatic N) is 1. The average molecular weight is 238 g/mol. The van der Waals surface area contributed by atoms with Crippen molar-refractivity contribution in [3.63, 3.8) is 0 Å². The van der Waals surface area contributed by atoms with Crippen LogP contribution in [0, 0.1) is 0 Å². The van der Waals surface area contributed by atoms with Gasteiger partial charge in [-0.2, -0.15) is 13.2 Å². The molecule has 0 radical (unpaired) electrons. The first-order chi connectivity index (χ1) is 7.53. The van der Waals surface area contributed by atoms with Crippen LogP contribution in [0.15, 0.2) is 0 Å². The maximum absolute atomic E-state index is 12.4. The van der Waals surface area contributed by atoms with Crippen LogP contribution in [0.3, 0.4) is 0 Å². The van der Waals surface area contributed by atoms with Crippen LogP contribution in [0.2, 0.25) is 0 Å². The zero-order valence-electron chi connectivity index (χ0n) is 9.60. The van der Waals surface area contributed by atoms with Gasteiger partial charge in [-0.15, -0.1) is 0 Å². The van der Waals surface area contributed by atoms with Crippen molar-refractivity contribution in [1.29, 1.82) is 0 Å². The molecule has 0 unspecified atom stereocenters. The number of hydrogen-bond acceptors (Lipinski definition) is 2. The SMILES string of the molecule is NCCCN(CC(F)(F)F)C1CCCCC1. The molecule has 2 nitrogen and oxygen atoms in total. The molecule has 2 N–H and O–H groups in total. The molecule has 1 fully saturated rings. The first-order valence-electron chi connectivity index (χ1n) is 6.04. The van der Waals surface area contributed by atoms with Gasteiger partial charge in [-0.3, -0.25) is 4.90 Å². The Bertz CT molecular complexity index is 188. The molecule has 1 saturated carbocycles. The zero-order valence-corrected chi connectivity index (χ0v) is 9.60.